The summed E-state index contributed by atoms with van der Waals surface area (Å²) >= 11 is 0. The zero-order valence-corrected chi connectivity index (χ0v) is 15.8. The van der Waals surface area contributed by atoms with Gasteiger partial charge in [-0.15, -0.1) is 0 Å². The fraction of sp³-hybridized carbons (Fsp3) is 0.650. The number of aliphatic hydroxyl groups is 1. The van der Waals surface area contributed by atoms with Crippen molar-refractivity contribution in [3.63, 3.8) is 0 Å². The predicted octanol–water partition coefficient (Wildman–Crippen LogP) is 3.55. The quantitative estimate of drug-likeness (QED) is 0.420. The Morgan fingerprint density at radius 2 is 1.88 bits per heavy atom. The van der Waals surface area contributed by atoms with Crippen LogP contribution in [-0.2, 0) is 4.74 Å². The smallest absolute Gasteiger partial charge is 0.338 e. The lowest BCUT2D eigenvalue weighted by atomic mass is 10.1. The number of carbonyl (C=O) groups excluding carboxylic acids is 1. The summed E-state index contributed by atoms with van der Waals surface area (Å²) in [5.74, 6) is 0.283. The Balaban J connectivity index is 2.22. The van der Waals surface area contributed by atoms with Gasteiger partial charge in [0.2, 0.25) is 0 Å². The Morgan fingerprint density at radius 3 is 2.52 bits per heavy atom. The normalized spacial score (nSPS) is 13.3. The summed E-state index contributed by atoms with van der Waals surface area (Å²) < 4.78 is 10.5. The highest BCUT2D eigenvalue weighted by molar-refractivity contribution is 5.89. The lowest BCUT2D eigenvalue weighted by Gasteiger charge is -2.17. The van der Waals surface area contributed by atoms with Crippen LogP contribution in [0.5, 0.6) is 5.75 Å². The Labute approximate surface area is 151 Å². The molecule has 2 atom stereocenters. The number of hydrogen-bond acceptors (Lipinski definition) is 5. The topological polar surface area (TPSA) is 67.8 Å². The van der Waals surface area contributed by atoms with E-state index in [4.69, 9.17) is 9.47 Å². The predicted molar refractivity (Wildman–Crippen MR) is 100 cm³/mol. The van der Waals surface area contributed by atoms with Gasteiger partial charge in [-0.3, -0.25) is 0 Å². The molecule has 0 heterocycles. The number of esters is 1. The van der Waals surface area contributed by atoms with Crippen molar-refractivity contribution in [2.75, 3.05) is 19.8 Å². The summed E-state index contributed by atoms with van der Waals surface area (Å²) in [7, 11) is 0. The van der Waals surface area contributed by atoms with Gasteiger partial charge in [-0.05, 0) is 44.5 Å². The lowest BCUT2D eigenvalue weighted by Crippen LogP contribution is -2.36. The van der Waals surface area contributed by atoms with Gasteiger partial charge in [-0.1, -0.05) is 32.6 Å². The first kappa shape index (κ1) is 21.5. The lowest BCUT2D eigenvalue weighted by molar-refractivity contribution is 0.0526. The second kappa shape index (κ2) is 12.7. The van der Waals surface area contributed by atoms with Gasteiger partial charge in [0.15, 0.2) is 0 Å². The van der Waals surface area contributed by atoms with Gasteiger partial charge in [0.1, 0.15) is 18.5 Å². The first-order valence-corrected chi connectivity index (χ1v) is 9.38. The highest BCUT2D eigenvalue weighted by Gasteiger charge is 2.09. The molecule has 5 nitrogen and oxygen atoms in total. The van der Waals surface area contributed by atoms with Gasteiger partial charge in [0.25, 0.3) is 0 Å². The molecule has 0 amide bonds. The molecule has 0 saturated carbocycles. The number of hydrogen-bond donors (Lipinski definition) is 2. The molecule has 5 heteroatoms. The number of unbranched alkanes of at least 4 members (excludes halogenated alkanes) is 3. The Morgan fingerprint density at radius 1 is 1.16 bits per heavy atom. The number of ether oxygens (including phenoxy) is 2. The third-order valence-electron chi connectivity index (χ3n) is 4.00. The van der Waals surface area contributed by atoms with E-state index >= 15 is 0 Å². The third kappa shape index (κ3) is 9.46. The zero-order chi connectivity index (χ0) is 18.5. The van der Waals surface area contributed by atoms with Gasteiger partial charge in [0.05, 0.1) is 12.2 Å². The van der Waals surface area contributed by atoms with Crippen LogP contribution in [0.15, 0.2) is 24.3 Å². The van der Waals surface area contributed by atoms with Crippen LogP contribution in [0.1, 0.15) is 63.2 Å². The standard InChI is InChI=1S/C20H33NO4/c1-4-6-7-8-9-16(3)21-14-18(22)15-25-19-12-10-17(11-13-19)20(23)24-5-2/h10-13,16,18,21-22H,4-9,14-15H2,1-3H3. The van der Waals surface area contributed by atoms with E-state index in [9.17, 15) is 9.90 Å². The van der Waals surface area contributed by atoms with E-state index in [1.54, 1.807) is 31.2 Å². The maximum Gasteiger partial charge on any atom is 0.338 e. The molecule has 1 rings (SSSR count). The largest absolute Gasteiger partial charge is 0.491 e. The third-order valence-corrected chi connectivity index (χ3v) is 4.00. The molecule has 0 aliphatic rings. The molecule has 0 fully saturated rings. The zero-order valence-electron chi connectivity index (χ0n) is 15.8. The van der Waals surface area contributed by atoms with Crippen LogP contribution in [0.4, 0.5) is 0 Å². The number of carbonyl (C=O) groups is 1. The van der Waals surface area contributed by atoms with Gasteiger partial charge < -0.3 is 19.9 Å². The fourth-order valence-electron chi connectivity index (χ4n) is 2.47. The van der Waals surface area contributed by atoms with E-state index in [1.165, 1.54) is 25.7 Å². The molecule has 2 N–H and O–H groups in total. The van der Waals surface area contributed by atoms with Crippen molar-refractivity contribution in [2.24, 2.45) is 0 Å². The van der Waals surface area contributed by atoms with Gasteiger partial charge in [-0.2, -0.15) is 0 Å². The second-order valence-corrected chi connectivity index (χ2v) is 6.37. The molecular weight excluding hydrogens is 318 g/mol. The minimum absolute atomic E-state index is 0.217. The molecule has 1 aromatic carbocycles. The van der Waals surface area contributed by atoms with Crippen molar-refractivity contribution in [2.45, 2.75) is 65.0 Å². The molecule has 0 aliphatic heterocycles. The molecule has 142 valence electrons. The minimum atomic E-state index is -0.567. The number of aliphatic hydroxyl groups excluding tert-OH is 1. The van der Waals surface area contributed by atoms with Crippen molar-refractivity contribution in [3.05, 3.63) is 29.8 Å². The molecule has 0 bridgehead atoms. The first-order chi connectivity index (χ1) is 12.1. The van der Waals surface area contributed by atoms with Gasteiger partial charge in [0, 0.05) is 12.6 Å². The monoisotopic (exact) mass is 351 g/mol. The van der Waals surface area contributed by atoms with E-state index in [0.29, 0.717) is 30.5 Å². The molecule has 25 heavy (non-hydrogen) atoms. The van der Waals surface area contributed by atoms with Crippen molar-refractivity contribution in [1.29, 1.82) is 0 Å². The summed E-state index contributed by atoms with van der Waals surface area (Å²) in [6.07, 6.45) is 5.60. The average Bonchev–Trinajstić information content (AvgIpc) is 2.62. The van der Waals surface area contributed by atoms with Crippen LogP contribution in [0.3, 0.4) is 0 Å². The number of nitrogens with one attached hydrogen (secondary N) is 1. The van der Waals surface area contributed by atoms with E-state index in [1.807, 2.05) is 0 Å². The van der Waals surface area contributed by atoms with E-state index < -0.39 is 6.10 Å². The summed E-state index contributed by atoms with van der Waals surface area (Å²) in [5.41, 5.74) is 0.494. The number of benzene rings is 1. The van der Waals surface area contributed by atoms with E-state index in [2.05, 4.69) is 19.2 Å². The molecule has 1 aromatic rings. The second-order valence-electron chi connectivity index (χ2n) is 6.37. The Kier molecular flexibility index (Phi) is 10.9. The van der Waals surface area contributed by atoms with E-state index in [-0.39, 0.29) is 12.6 Å². The van der Waals surface area contributed by atoms with Gasteiger partial charge >= 0.3 is 5.97 Å². The van der Waals surface area contributed by atoms with Crippen molar-refractivity contribution < 1.29 is 19.4 Å². The van der Waals surface area contributed by atoms with Crippen molar-refractivity contribution in [1.82, 2.24) is 5.32 Å². The molecule has 0 radical (unpaired) electrons. The van der Waals surface area contributed by atoms with Crippen molar-refractivity contribution in [3.8, 4) is 5.75 Å². The molecule has 2 unspecified atom stereocenters. The SMILES string of the molecule is CCCCCCC(C)NCC(O)COc1ccc(C(=O)OCC)cc1. The van der Waals surface area contributed by atoms with Crippen molar-refractivity contribution >= 4 is 5.97 Å². The number of rotatable bonds is 13. The summed E-state index contributed by atoms with van der Waals surface area (Å²) in [5, 5.41) is 13.4. The minimum Gasteiger partial charge on any atom is -0.491 e. The van der Waals surface area contributed by atoms with Gasteiger partial charge in [-0.25, -0.2) is 4.79 Å². The molecule has 0 spiro atoms. The Hall–Kier alpha value is -1.59. The van der Waals surface area contributed by atoms with Crippen LogP contribution in [-0.4, -0.2) is 43.0 Å². The van der Waals surface area contributed by atoms with Crippen LogP contribution >= 0.6 is 0 Å². The first-order valence-electron chi connectivity index (χ1n) is 9.38. The molecular formula is C20H33NO4. The highest BCUT2D eigenvalue weighted by Crippen LogP contribution is 2.13. The maximum atomic E-state index is 11.6. The van der Waals surface area contributed by atoms with Crippen LogP contribution < -0.4 is 10.1 Å². The van der Waals surface area contributed by atoms with Crippen LogP contribution in [0.25, 0.3) is 0 Å². The molecule has 0 aliphatic carbocycles. The van der Waals surface area contributed by atoms with E-state index in [0.717, 1.165) is 6.42 Å². The van der Waals surface area contributed by atoms with Crippen LogP contribution in [0, 0.1) is 0 Å². The maximum absolute atomic E-state index is 11.6. The summed E-state index contributed by atoms with van der Waals surface area (Å²) in [6.45, 7) is 7.21. The van der Waals surface area contributed by atoms with Crippen LogP contribution in [0.2, 0.25) is 0 Å². The summed E-state index contributed by atoms with van der Waals surface area (Å²) in [4.78, 5) is 11.6. The molecule has 0 aromatic heterocycles. The average molecular weight is 351 g/mol. The Bertz CT molecular complexity index is 475. The highest BCUT2D eigenvalue weighted by atomic mass is 16.5. The summed E-state index contributed by atoms with van der Waals surface area (Å²) in [6, 6.07) is 7.15. The fourth-order valence-corrected chi connectivity index (χ4v) is 2.47. The molecule has 0 saturated heterocycles.